The molecule has 0 bridgehead atoms. The van der Waals surface area contributed by atoms with Crippen molar-refractivity contribution in [2.75, 3.05) is 0 Å². The summed E-state index contributed by atoms with van der Waals surface area (Å²) in [6.45, 7) is 5.63. The van der Waals surface area contributed by atoms with Crippen LogP contribution in [0.15, 0.2) is 58.7 Å². The van der Waals surface area contributed by atoms with Gasteiger partial charge in [0.25, 0.3) is 0 Å². The van der Waals surface area contributed by atoms with E-state index in [0.29, 0.717) is 16.6 Å². The first-order chi connectivity index (χ1) is 14.9. The van der Waals surface area contributed by atoms with Gasteiger partial charge in [-0.15, -0.1) is 0 Å². The van der Waals surface area contributed by atoms with Gasteiger partial charge < -0.3 is 5.11 Å². The molecule has 31 heavy (non-hydrogen) atoms. The summed E-state index contributed by atoms with van der Waals surface area (Å²) in [4.78, 5) is 1.63. The first kappa shape index (κ1) is 20.7. The largest absolute Gasteiger partial charge is 0.391 e. The molecule has 1 N–H and O–H groups in total. The predicted octanol–water partition coefficient (Wildman–Crippen LogP) is 4.34. The Morgan fingerprint density at radius 3 is 2.48 bits per heavy atom. The molecule has 0 aliphatic carbocycles. The summed E-state index contributed by atoms with van der Waals surface area (Å²) in [6.07, 6.45) is 4.66. The van der Waals surface area contributed by atoms with Crippen LogP contribution in [0, 0.1) is 29.6 Å². The summed E-state index contributed by atoms with van der Waals surface area (Å²) in [5, 5.41) is 37.9. The third kappa shape index (κ3) is 3.68. The standard InChI is InChI=1S/C23H20N6OS/c1-14(16(3)30)29-15(2)20(12-27-29)18-8-22(23-19(10-25)11-26-28(23)13-18)31-21-7-5-4-6-17(21)9-24/h4-8,11-14,16,30H,1-3H3/t14-,16-/m1/s1. The van der Waals surface area contributed by atoms with E-state index in [1.807, 2.05) is 49.0 Å². The van der Waals surface area contributed by atoms with Crippen molar-refractivity contribution in [2.45, 2.75) is 42.7 Å². The average molecular weight is 429 g/mol. The lowest BCUT2D eigenvalue weighted by molar-refractivity contribution is 0.131. The smallest absolute Gasteiger partial charge is 0.103 e. The molecule has 0 amide bonds. The van der Waals surface area contributed by atoms with Gasteiger partial charge in [0.15, 0.2) is 0 Å². The van der Waals surface area contributed by atoms with Crippen LogP contribution in [0.25, 0.3) is 16.6 Å². The highest BCUT2D eigenvalue weighted by Crippen LogP contribution is 2.37. The van der Waals surface area contributed by atoms with Crippen LogP contribution in [0.2, 0.25) is 0 Å². The van der Waals surface area contributed by atoms with E-state index in [-0.39, 0.29) is 6.04 Å². The molecule has 0 radical (unpaired) electrons. The molecular formula is C23H20N6OS. The normalized spacial score (nSPS) is 13.0. The maximum absolute atomic E-state index is 9.97. The van der Waals surface area contributed by atoms with E-state index in [0.717, 1.165) is 26.6 Å². The van der Waals surface area contributed by atoms with Gasteiger partial charge in [-0.3, -0.25) is 4.68 Å². The van der Waals surface area contributed by atoms with Crippen LogP contribution in [0.5, 0.6) is 0 Å². The maximum Gasteiger partial charge on any atom is 0.103 e. The Bertz CT molecular complexity index is 1350. The zero-order chi connectivity index (χ0) is 22.1. The van der Waals surface area contributed by atoms with Crippen molar-refractivity contribution in [1.29, 1.82) is 10.5 Å². The molecule has 1 aromatic carbocycles. The average Bonchev–Trinajstić information content (AvgIpc) is 3.36. The fraction of sp³-hybridized carbons (Fsp3) is 0.217. The van der Waals surface area contributed by atoms with E-state index >= 15 is 0 Å². The molecule has 0 aliphatic heterocycles. The van der Waals surface area contributed by atoms with E-state index in [2.05, 4.69) is 22.3 Å². The minimum atomic E-state index is -0.535. The molecule has 0 fully saturated rings. The Kier molecular flexibility index (Phi) is 5.51. The van der Waals surface area contributed by atoms with Crippen LogP contribution >= 0.6 is 11.8 Å². The molecule has 0 spiro atoms. The van der Waals surface area contributed by atoms with E-state index in [4.69, 9.17) is 0 Å². The third-order valence-corrected chi connectivity index (χ3v) is 6.47. The first-order valence-electron chi connectivity index (χ1n) is 9.75. The summed E-state index contributed by atoms with van der Waals surface area (Å²) in [5.41, 5.74) is 4.47. The molecule has 0 saturated carbocycles. The lowest BCUT2D eigenvalue weighted by Crippen LogP contribution is -2.20. The van der Waals surface area contributed by atoms with Crippen LogP contribution in [-0.2, 0) is 0 Å². The summed E-state index contributed by atoms with van der Waals surface area (Å²) in [6, 6.07) is 13.6. The highest BCUT2D eigenvalue weighted by atomic mass is 32.2. The molecule has 7 nitrogen and oxygen atoms in total. The minimum Gasteiger partial charge on any atom is -0.391 e. The fourth-order valence-electron chi connectivity index (χ4n) is 3.48. The Morgan fingerprint density at radius 1 is 1.03 bits per heavy atom. The number of hydrogen-bond acceptors (Lipinski definition) is 6. The predicted molar refractivity (Wildman–Crippen MR) is 118 cm³/mol. The Balaban J connectivity index is 1.88. The second-order valence-electron chi connectivity index (χ2n) is 7.34. The number of hydrogen-bond donors (Lipinski definition) is 1. The van der Waals surface area contributed by atoms with Crippen molar-refractivity contribution in [1.82, 2.24) is 19.4 Å². The van der Waals surface area contributed by atoms with Crippen LogP contribution in [-0.4, -0.2) is 30.6 Å². The van der Waals surface area contributed by atoms with Crippen LogP contribution in [0.4, 0.5) is 0 Å². The highest BCUT2D eigenvalue weighted by Gasteiger charge is 2.20. The molecular weight excluding hydrogens is 408 g/mol. The molecule has 8 heteroatoms. The summed E-state index contributed by atoms with van der Waals surface area (Å²) in [5.74, 6) is 0. The number of aliphatic hydroxyl groups excluding tert-OH is 1. The zero-order valence-electron chi connectivity index (χ0n) is 17.3. The number of nitriles is 2. The van der Waals surface area contributed by atoms with Crippen LogP contribution in [0.3, 0.4) is 0 Å². The molecule has 2 atom stereocenters. The fourth-order valence-corrected chi connectivity index (χ4v) is 4.57. The maximum atomic E-state index is 9.97. The lowest BCUT2D eigenvalue weighted by Gasteiger charge is -2.17. The summed E-state index contributed by atoms with van der Waals surface area (Å²) >= 11 is 1.43. The molecule has 4 aromatic rings. The van der Waals surface area contributed by atoms with E-state index < -0.39 is 6.10 Å². The van der Waals surface area contributed by atoms with Crippen molar-refractivity contribution in [2.24, 2.45) is 0 Å². The van der Waals surface area contributed by atoms with Crippen LogP contribution in [0.1, 0.15) is 36.7 Å². The topological polar surface area (TPSA) is 103 Å². The van der Waals surface area contributed by atoms with Crippen molar-refractivity contribution < 1.29 is 5.11 Å². The number of pyridine rings is 1. The monoisotopic (exact) mass is 428 g/mol. The lowest BCUT2D eigenvalue weighted by atomic mass is 10.1. The number of aliphatic hydroxyl groups is 1. The highest BCUT2D eigenvalue weighted by molar-refractivity contribution is 7.99. The quantitative estimate of drug-likeness (QED) is 0.507. The number of fused-ring (bicyclic) bond motifs is 1. The Labute approximate surface area is 184 Å². The zero-order valence-corrected chi connectivity index (χ0v) is 18.1. The molecule has 0 unspecified atom stereocenters. The van der Waals surface area contributed by atoms with Gasteiger partial charge in [-0.05, 0) is 39.0 Å². The van der Waals surface area contributed by atoms with Gasteiger partial charge in [0.1, 0.15) is 12.1 Å². The van der Waals surface area contributed by atoms with Gasteiger partial charge in [-0.25, -0.2) is 4.52 Å². The third-order valence-electron chi connectivity index (χ3n) is 5.36. The molecule has 3 aromatic heterocycles. The Morgan fingerprint density at radius 2 is 1.77 bits per heavy atom. The summed E-state index contributed by atoms with van der Waals surface area (Å²) in [7, 11) is 0. The van der Waals surface area contributed by atoms with Crippen molar-refractivity contribution in [3.05, 3.63) is 65.7 Å². The number of benzene rings is 1. The van der Waals surface area contributed by atoms with Crippen molar-refractivity contribution in [3.63, 3.8) is 0 Å². The van der Waals surface area contributed by atoms with Crippen molar-refractivity contribution in [3.8, 4) is 23.3 Å². The van der Waals surface area contributed by atoms with E-state index in [1.165, 1.54) is 11.8 Å². The number of aromatic nitrogens is 4. The van der Waals surface area contributed by atoms with Gasteiger partial charge >= 0.3 is 0 Å². The Hall–Kier alpha value is -3.59. The SMILES string of the molecule is Cc1c(-c2cc(Sc3ccccc3C#N)c3c(C#N)cnn3c2)cnn1[C@H](C)[C@@H](C)O. The van der Waals surface area contributed by atoms with Gasteiger partial charge in [0.05, 0.1) is 41.2 Å². The second-order valence-corrected chi connectivity index (χ2v) is 8.42. The first-order valence-corrected chi connectivity index (χ1v) is 10.6. The van der Waals surface area contributed by atoms with Gasteiger partial charge in [0, 0.05) is 32.8 Å². The van der Waals surface area contributed by atoms with E-state index in [1.54, 1.807) is 29.9 Å². The number of rotatable bonds is 5. The van der Waals surface area contributed by atoms with Gasteiger partial charge in [0.2, 0.25) is 0 Å². The summed E-state index contributed by atoms with van der Waals surface area (Å²) < 4.78 is 3.51. The second kappa shape index (κ2) is 8.27. The number of nitrogens with zero attached hydrogens (tertiary/aromatic N) is 6. The van der Waals surface area contributed by atoms with Gasteiger partial charge in [-0.2, -0.15) is 20.7 Å². The van der Waals surface area contributed by atoms with Crippen LogP contribution < -0.4 is 0 Å². The molecule has 4 rings (SSSR count). The molecule has 0 saturated heterocycles. The molecule has 3 heterocycles. The van der Waals surface area contributed by atoms with Crippen molar-refractivity contribution >= 4 is 17.3 Å². The van der Waals surface area contributed by atoms with E-state index in [9.17, 15) is 15.6 Å². The molecule has 0 aliphatic rings. The van der Waals surface area contributed by atoms with Gasteiger partial charge in [-0.1, -0.05) is 23.9 Å². The molecule has 154 valence electrons. The minimum absolute atomic E-state index is 0.163.